The summed E-state index contributed by atoms with van der Waals surface area (Å²) in [5, 5.41) is 0. The maximum Gasteiger partial charge on any atom is 0.0173 e. The number of rotatable bonds is 3. The van der Waals surface area contributed by atoms with E-state index in [4.69, 9.17) is 0 Å². The average molecular weight is 233 g/mol. The zero-order valence-corrected chi connectivity index (χ0v) is 11.7. The first kappa shape index (κ1) is 12.7. The fourth-order valence-electron chi connectivity index (χ4n) is 2.86. The molecular weight excluding hydrogens is 206 g/mol. The monoisotopic (exact) mass is 233 g/mol. The van der Waals surface area contributed by atoms with Gasteiger partial charge in [-0.05, 0) is 43.7 Å². The van der Waals surface area contributed by atoms with Crippen molar-refractivity contribution in [2.45, 2.75) is 46.5 Å². The second-order valence-electron chi connectivity index (χ2n) is 6.37. The van der Waals surface area contributed by atoms with Crippen molar-refractivity contribution >= 4 is 0 Å². The van der Waals surface area contributed by atoms with Gasteiger partial charge in [-0.2, -0.15) is 0 Å². The summed E-state index contributed by atoms with van der Waals surface area (Å²) in [5.74, 6) is 1.58. The summed E-state index contributed by atoms with van der Waals surface area (Å²) in [6.45, 7) is 9.54. The maximum absolute atomic E-state index is 2.47. The summed E-state index contributed by atoms with van der Waals surface area (Å²) >= 11 is 0. The van der Waals surface area contributed by atoms with Gasteiger partial charge in [-0.3, -0.25) is 0 Å². The summed E-state index contributed by atoms with van der Waals surface area (Å²) < 4.78 is 0. The van der Waals surface area contributed by atoms with E-state index in [0.29, 0.717) is 5.41 Å². The van der Waals surface area contributed by atoms with Crippen LogP contribution in [0.2, 0.25) is 0 Å². The van der Waals surface area contributed by atoms with Gasteiger partial charge in [-0.15, -0.1) is 0 Å². The van der Waals surface area contributed by atoms with Crippen LogP contribution in [0.3, 0.4) is 0 Å². The van der Waals surface area contributed by atoms with Gasteiger partial charge in [-0.25, -0.2) is 0 Å². The fraction of sp³-hybridized carbons (Fsp3) is 0.750. The molecule has 1 aliphatic heterocycles. The van der Waals surface area contributed by atoms with E-state index in [0.717, 1.165) is 11.8 Å². The molecule has 0 aromatic carbocycles. The second kappa shape index (κ2) is 5.29. The molecule has 1 aliphatic carbocycles. The minimum absolute atomic E-state index is 0.300. The van der Waals surface area contributed by atoms with Gasteiger partial charge in [0.1, 0.15) is 0 Å². The summed E-state index contributed by atoms with van der Waals surface area (Å²) in [4.78, 5) is 2.47. The summed E-state index contributed by atoms with van der Waals surface area (Å²) in [5.41, 5.74) is 0.300. The van der Waals surface area contributed by atoms with Gasteiger partial charge in [-0.1, -0.05) is 39.0 Å². The van der Waals surface area contributed by atoms with Crippen LogP contribution in [0.4, 0.5) is 0 Å². The SMILES string of the molecule is CC(C)C1C=CC(C)(C=CN2CCCC2)CC1. The van der Waals surface area contributed by atoms with Crippen LogP contribution in [0.25, 0.3) is 0 Å². The molecule has 2 aliphatic rings. The van der Waals surface area contributed by atoms with Crippen molar-refractivity contribution in [3.63, 3.8) is 0 Å². The van der Waals surface area contributed by atoms with Gasteiger partial charge < -0.3 is 4.90 Å². The second-order valence-corrected chi connectivity index (χ2v) is 6.37. The average Bonchev–Trinajstić information content (AvgIpc) is 2.80. The molecule has 0 bridgehead atoms. The Morgan fingerprint density at radius 3 is 2.53 bits per heavy atom. The van der Waals surface area contributed by atoms with E-state index in [1.54, 1.807) is 0 Å². The summed E-state index contributed by atoms with van der Waals surface area (Å²) in [6.07, 6.45) is 15.0. The highest BCUT2D eigenvalue weighted by molar-refractivity contribution is 5.14. The topological polar surface area (TPSA) is 3.24 Å². The Bertz CT molecular complexity index is 297. The van der Waals surface area contributed by atoms with Gasteiger partial charge in [0.2, 0.25) is 0 Å². The molecule has 0 aromatic rings. The Balaban J connectivity index is 1.93. The van der Waals surface area contributed by atoms with Crippen molar-refractivity contribution in [2.75, 3.05) is 13.1 Å². The van der Waals surface area contributed by atoms with E-state index in [-0.39, 0.29) is 0 Å². The molecule has 0 spiro atoms. The van der Waals surface area contributed by atoms with Crippen molar-refractivity contribution in [3.05, 3.63) is 24.4 Å². The molecule has 2 unspecified atom stereocenters. The van der Waals surface area contributed by atoms with Crippen LogP contribution in [0.1, 0.15) is 46.5 Å². The molecular formula is C16H27N. The highest BCUT2D eigenvalue weighted by Crippen LogP contribution is 2.36. The first-order chi connectivity index (χ1) is 8.09. The van der Waals surface area contributed by atoms with Gasteiger partial charge in [0, 0.05) is 18.5 Å². The molecule has 1 nitrogen and oxygen atoms in total. The third-order valence-electron chi connectivity index (χ3n) is 4.40. The van der Waals surface area contributed by atoms with Crippen molar-refractivity contribution in [1.82, 2.24) is 4.90 Å². The van der Waals surface area contributed by atoms with Crippen molar-refractivity contribution in [3.8, 4) is 0 Å². The molecule has 2 rings (SSSR count). The minimum Gasteiger partial charge on any atom is -0.378 e. The van der Waals surface area contributed by atoms with Gasteiger partial charge in [0.15, 0.2) is 0 Å². The predicted octanol–water partition coefficient (Wildman–Crippen LogP) is 4.22. The highest BCUT2D eigenvalue weighted by atomic mass is 15.1. The predicted molar refractivity (Wildman–Crippen MR) is 74.8 cm³/mol. The van der Waals surface area contributed by atoms with Crippen LogP contribution in [0.5, 0.6) is 0 Å². The lowest BCUT2D eigenvalue weighted by Gasteiger charge is -2.31. The standard InChI is InChI=1S/C16H27N/c1-14(2)15-6-8-16(3,9-7-15)10-13-17-11-4-5-12-17/h6,8,10,13-15H,4-5,7,9,11-12H2,1-3H3. The number of allylic oxidation sites excluding steroid dienone is 3. The van der Waals surface area contributed by atoms with E-state index < -0.39 is 0 Å². The maximum atomic E-state index is 2.47. The van der Waals surface area contributed by atoms with Crippen LogP contribution in [0.15, 0.2) is 24.4 Å². The lowest BCUT2D eigenvalue weighted by Crippen LogP contribution is -2.21. The smallest absolute Gasteiger partial charge is 0.0173 e. The number of nitrogens with zero attached hydrogens (tertiary/aromatic N) is 1. The first-order valence-corrected chi connectivity index (χ1v) is 7.22. The van der Waals surface area contributed by atoms with E-state index >= 15 is 0 Å². The lowest BCUT2D eigenvalue weighted by atomic mass is 9.74. The molecule has 1 saturated heterocycles. The Labute approximate surface area is 107 Å². The number of hydrogen-bond donors (Lipinski definition) is 0. The quantitative estimate of drug-likeness (QED) is 0.660. The Morgan fingerprint density at radius 1 is 1.29 bits per heavy atom. The molecule has 96 valence electrons. The van der Waals surface area contributed by atoms with Crippen LogP contribution >= 0.6 is 0 Å². The summed E-state index contributed by atoms with van der Waals surface area (Å²) in [6, 6.07) is 0. The molecule has 0 amide bonds. The molecule has 2 atom stereocenters. The molecule has 1 fully saturated rings. The normalized spacial score (nSPS) is 34.1. The number of hydrogen-bond acceptors (Lipinski definition) is 1. The molecule has 0 N–H and O–H groups in total. The third-order valence-corrected chi connectivity index (χ3v) is 4.40. The zero-order chi connectivity index (χ0) is 12.3. The fourth-order valence-corrected chi connectivity index (χ4v) is 2.86. The third kappa shape index (κ3) is 3.37. The van der Waals surface area contributed by atoms with Gasteiger partial charge in [0.25, 0.3) is 0 Å². The number of likely N-dealkylation sites (tertiary alicyclic amines) is 1. The van der Waals surface area contributed by atoms with Crippen molar-refractivity contribution in [2.24, 2.45) is 17.3 Å². The summed E-state index contributed by atoms with van der Waals surface area (Å²) in [7, 11) is 0. The van der Waals surface area contributed by atoms with Crippen molar-refractivity contribution < 1.29 is 0 Å². The van der Waals surface area contributed by atoms with Crippen LogP contribution in [-0.4, -0.2) is 18.0 Å². The Kier molecular flexibility index (Phi) is 3.96. The van der Waals surface area contributed by atoms with E-state index in [1.807, 2.05) is 0 Å². The molecule has 0 aromatic heterocycles. The van der Waals surface area contributed by atoms with Crippen LogP contribution < -0.4 is 0 Å². The first-order valence-electron chi connectivity index (χ1n) is 7.22. The van der Waals surface area contributed by atoms with Crippen molar-refractivity contribution in [1.29, 1.82) is 0 Å². The molecule has 1 heterocycles. The highest BCUT2D eigenvalue weighted by Gasteiger charge is 2.25. The van der Waals surface area contributed by atoms with E-state index in [9.17, 15) is 0 Å². The Hall–Kier alpha value is -0.720. The van der Waals surface area contributed by atoms with Gasteiger partial charge in [0.05, 0.1) is 0 Å². The molecule has 0 radical (unpaired) electrons. The van der Waals surface area contributed by atoms with Gasteiger partial charge >= 0.3 is 0 Å². The van der Waals surface area contributed by atoms with Crippen LogP contribution in [-0.2, 0) is 0 Å². The molecule has 1 heteroatoms. The minimum atomic E-state index is 0.300. The molecule has 0 saturated carbocycles. The zero-order valence-electron chi connectivity index (χ0n) is 11.7. The van der Waals surface area contributed by atoms with Crippen LogP contribution in [0, 0.1) is 17.3 Å². The molecule has 17 heavy (non-hydrogen) atoms. The lowest BCUT2D eigenvalue weighted by molar-refractivity contribution is 0.337. The van der Waals surface area contributed by atoms with E-state index in [2.05, 4.69) is 50.1 Å². The van der Waals surface area contributed by atoms with E-state index in [1.165, 1.54) is 38.8 Å². The largest absolute Gasteiger partial charge is 0.378 e. The Morgan fingerprint density at radius 2 is 2.00 bits per heavy atom.